The molecule has 0 heterocycles. The molecule has 0 bridgehead atoms. The summed E-state index contributed by atoms with van der Waals surface area (Å²) in [6.07, 6.45) is 1.31. The summed E-state index contributed by atoms with van der Waals surface area (Å²) in [5, 5.41) is 19.6. The van der Waals surface area contributed by atoms with Gasteiger partial charge in [0.1, 0.15) is 0 Å². The highest BCUT2D eigenvalue weighted by Crippen LogP contribution is 2.09. The average molecular weight is 286 g/mol. The molecule has 1 rings (SSSR count). The molecule has 0 fully saturated rings. The van der Waals surface area contributed by atoms with Crippen molar-refractivity contribution in [3.8, 4) is 0 Å². The summed E-state index contributed by atoms with van der Waals surface area (Å²) in [6, 6.07) is 5.73. The predicted octanol–water partition coefficient (Wildman–Crippen LogP) is 0.638. The second-order valence-electron chi connectivity index (χ2n) is 3.71. The molecule has 3 N–H and O–H groups in total. The topological polar surface area (TPSA) is 116 Å². The average Bonchev–Trinajstić information content (AvgIpc) is 2.36. The normalized spacial score (nSPS) is 11.8. The zero-order valence-corrected chi connectivity index (χ0v) is 10.8. The number of oxime groups is 1. The molecule has 0 saturated heterocycles. The minimum atomic E-state index is -3.64. The number of hydrogen-bond donors (Lipinski definition) is 3. The minimum absolute atomic E-state index is 0.0640. The number of carboxylic acid groups (broad SMARTS) is 1. The van der Waals surface area contributed by atoms with Crippen LogP contribution < -0.4 is 4.72 Å². The number of carbonyl (C=O) groups is 1. The van der Waals surface area contributed by atoms with Gasteiger partial charge in [-0.2, -0.15) is 0 Å². The summed E-state index contributed by atoms with van der Waals surface area (Å²) in [4.78, 5) is 10.4. The van der Waals surface area contributed by atoms with E-state index in [0.717, 1.165) is 0 Å². The highest BCUT2D eigenvalue weighted by Gasteiger charge is 2.12. The Balaban J connectivity index is 2.64. The van der Waals surface area contributed by atoms with Crippen LogP contribution in [-0.2, 0) is 14.8 Å². The Bertz CT molecular complexity index is 551. The van der Waals surface area contributed by atoms with Gasteiger partial charge in [-0.3, -0.25) is 4.79 Å². The number of aliphatic carboxylic acids is 1. The molecule has 0 amide bonds. The van der Waals surface area contributed by atoms with Gasteiger partial charge in [-0.05, 0) is 24.1 Å². The number of nitrogens with one attached hydrogen (secondary N) is 1. The molecule has 0 unspecified atom stereocenters. The zero-order valence-electron chi connectivity index (χ0n) is 9.98. The Morgan fingerprint density at radius 2 is 1.95 bits per heavy atom. The summed E-state index contributed by atoms with van der Waals surface area (Å²) in [5.74, 6) is -0.966. The number of hydrogen-bond acceptors (Lipinski definition) is 5. The number of sulfonamides is 1. The van der Waals surface area contributed by atoms with Crippen molar-refractivity contribution in [1.82, 2.24) is 4.72 Å². The molecule has 19 heavy (non-hydrogen) atoms. The van der Waals surface area contributed by atoms with E-state index in [2.05, 4.69) is 9.88 Å². The van der Waals surface area contributed by atoms with Crippen molar-refractivity contribution < 1.29 is 23.5 Å². The van der Waals surface area contributed by atoms with Crippen molar-refractivity contribution in [2.75, 3.05) is 6.54 Å². The van der Waals surface area contributed by atoms with Crippen LogP contribution in [-0.4, -0.2) is 37.5 Å². The van der Waals surface area contributed by atoms with Gasteiger partial charge < -0.3 is 10.3 Å². The van der Waals surface area contributed by atoms with E-state index in [1.54, 1.807) is 0 Å². The molecule has 0 aromatic heterocycles. The molecule has 0 aliphatic carbocycles. The molecule has 0 radical (unpaired) electrons. The second-order valence-corrected chi connectivity index (χ2v) is 5.48. The van der Waals surface area contributed by atoms with Gasteiger partial charge in [0.05, 0.1) is 11.1 Å². The van der Waals surface area contributed by atoms with Crippen LogP contribution in [0.2, 0.25) is 0 Å². The number of nitrogens with zero attached hydrogens (tertiary/aromatic N) is 1. The fourth-order valence-electron chi connectivity index (χ4n) is 1.33. The Hall–Kier alpha value is -1.93. The summed E-state index contributed by atoms with van der Waals surface area (Å²) < 4.78 is 25.9. The first-order chi connectivity index (χ1) is 8.95. The van der Waals surface area contributed by atoms with Crippen LogP contribution in [0.15, 0.2) is 34.3 Å². The maximum Gasteiger partial charge on any atom is 0.303 e. The smallest absolute Gasteiger partial charge is 0.303 e. The summed E-state index contributed by atoms with van der Waals surface area (Å²) in [7, 11) is -3.64. The fraction of sp³-hybridized carbons (Fsp3) is 0.273. The Morgan fingerprint density at radius 3 is 2.47 bits per heavy atom. The first-order valence-electron chi connectivity index (χ1n) is 5.44. The molecular weight excluding hydrogens is 272 g/mol. The third-order valence-electron chi connectivity index (χ3n) is 2.26. The van der Waals surface area contributed by atoms with Crippen molar-refractivity contribution in [2.24, 2.45) is 5.16 Å². The highest BCUT2D eigenvalue weighted by atomic mass is 32.2. The predicted molar refractivity (Wildman–Crippen MR) is 67.9 cm³/mol. The van der Waals surface area contributed by atoms with E-state index in [-0.39, 0.29) is 24.3 Å². The van der Waals surface area contributed by atoms with Gasteiger partial charge in [-0.15, -0.1) is 0 Å². The lowest BCUT2D eigenvalue weighted by molar-refractivity contribution is -0.137. The van der Waals surface area contributed by atoms with Gasteiger partial charge in [0.2, 0.25) is 10.0 Å². The lowest BCUT2D eigenvalue weighted by atomic mass is 10.2. The number of carboxylic acids is 1. The third-order valence-corrected chi connectivity index (χ3v) is 3.73. The number of benzene rings is 1. The van der Waals surface area contributed by atoms with Crippen LogP contribution >= 0.6 is 0 Å². The quantitative estimate of drug-likeness (QED) is 0.294. The molecule has 0 saturated carbocycles. The molecule has 0 spiro atoms. The Labute approximate surface area is 110 Å². The molecule has 8 heteroatoms. The summed E-state index contributed by atoms with van der Waals surface area (Å²) in [6.45, 7) is 0.0640. The van der Waals surface area contributed by atoms with Crippen molar-refractivity contribution in [3.63, 3.8) is 0 Å². The molecule has 0 atom stereocenters. The van der Waals surface area contributed by atoms with Crippen LogP contribution in [0.3, 0.4) is 0 Å². The van der Waals surface area contributed by atoms with E-state index in [1.165, 1.54) is 30.5 Å². The van der Waals surface area contributed by atoms with E-state index in [0.29, 0.717) is 5.56 Å². The molecule has 1 aromatic rings. The molecule has 104 valence electrons. The van der Waals surface area contributed by atoms with Crippen LogP contribution in [0.4, 0.5) is 0 Å². The van der Waals surface area contributed by atoms with E-state index in [4.69, 9.17) is 10.3 Å². The van der Waals surface area contributed by atoms with Gasteiger partial charge >= 0.3 is 5.97 Å². The maximum absolute atomic E-state index is 11.8. The van der Waals surface area contributed by atoms with Crippen molar-refractivity contribution in [2.45, 2.75) is 17.7 Å². The third kappa shape index (κ3) is 5.06. The Kier molecular flexibility index (Phi) is 5.46. The lowest BCUT2D eigenvalue weighted by Gasteiger charge is -2.06. The van der Waals surface area contributed by atoms with Gasteiger partial charge in [-0.1, -0.05) is 17.3 Å². The zero-order chi connectivity index (χ0) is 14.3. The molecule has 0 aliphatic rings. The van der Waals surface area contributed by atoms with Gasteiger partial charge in [-0.25, -0.2) is 13.1 Å². The highest BCUT2D eigenvalue weighted by molar-refractivity contribution is 7.89. The monoisotopic (exact) mass is 286 g/mol. The standard InChI is InChI=1S/C11H14N2O5S/c14-11(15)2-1-7-13-19(17,18)10-5-3-9(4-6-10)8-12-16/h3-6,8,13,16H,1-2,7H2,(H,14,15). The molecule has 0 aliphatic heterocycles. The SMILES string of the molecule is O=C(O)CCCNS(=O)(=O)c1ccc(C=NO)cc1. The van der Waals surface area contributed by atoms with E-state index in [1.807, 2.05) is 0 Å². The molecule has 1 aromatic carbocycles. The van der Waals surface area contributed by atoms with Crippen LogP contribution in [0.1, 0.15) is 18.4 Å². The van der Waals surface area contributed by atoms with Crippen molar-refractivity contribution >= 4 is 22.2 Å². The summed E-state index contributed by atoms with van der Waals surface area (Å²) in [5.41, 5.74) is 0.562. The maximum atomic E-state index is 11.8. The van der Waals surface area contributed by atoms with E-state index >= 15 is 0 Å². The van der Waals surface area contributed by atoms with Crippen molar-refractivity contribution in [3.05, 3.63) is 29.8 Å². The van der Waals surface area contributed by atoms with Crippen molar-refractivity contribution in [1.29, 1.82) is 0 Å². The van der Waals surface area contributed by atoms with Crippen LogP contribution in [0.5, 0.6) is 0 Å². The van der Waals surface area contributed by atoms with Gasteiger partial charge in [0.15, 0.2) is 0 Å². The van der Waals surface area contributed by atoms with Gasteiger partial charge in [0, 0.05) is 13.0 Å². The first kappa shape index (κ1) is 15.1. The van der Waals surface area contributed by atoms with Crippen LogP contribution in [0.25, 0.3) is 0 Å². The number of rotatable bonds is 7. The summed E-state index contributed by atoms with van der Waals surface area (Å²) >= 11 is 0. The van der Waals surface area contributed by atoms with Crippen LogP contribution in [0, 0.1) is 0 Å². The second kappa shape index (κ2) is 6.86. The fourth-order valence-corrected chi connectivity index (χ4v) is 2.40. The van der Waals surface area contributed by atoms with E-state index < -0.39 is 16.0 Å². The van der Waals surface area contributed by atoms with E-state index in [9.17, 15) is 13.2 Å². The first-order valence-corrected chi connectivity index (χ1v) is 6.93. The minimum Gasteiger partial charge on any atom is -0.481 e. The largest absolute Gasteiger partial charge is 0.481 e. The van der Waals surface area contributed by atoms with Gasteiger partial charge in [0.25, 0.3) is 0 Å². The lowest BCUT2D eigenvalue weighted by Crippen LogP contribution is -2.25. The Morgan fingerprint density at radius 1 is 1.32 bits per heavy atom. The molecule has 7 nitrogen and oxygen atoms in total. The molecular formula is C11H14N2O5S.